The number of nitrogens with one attached hydrogen (secondary N) is 1. The lowest BCUT2D eigenvalue weighted by Gasteiger charge is -2.05. The quantitative estimate of drug-likeness (QED) is 0.791. The van der Waals surface area contributed by atoms with Crippen LogP contribution in [0.5, 0.6) is 0 Å². The molecular weight excluding hydrogens is 256 g/mol. The van der Waals surface area contributed by atoms with E-state index in [-0.39, 0.29) is 0 Å². The summed E-state index contributed by atoms with van der Waals surface area (Å²) in [6, 6.07) is 7.88. The fourth-order valence-electron chi connectivity index (χ4n) is 1.91. The molecule has 0 aliphatic rings. The Kier molecular flexibility index (Phi) is 3.37. The molecule has 0 bridgehead atoms. The van der Waals surface area contributed by atoms with Gasteiger partial charge >= 0.3 is 0 Å². The van der Waals surface area contributed by atoms with Crippen LogP contribution >= 0.6 is 11.3 Å². The van der Waals surface area contributed by atoms with Crippen molar-refractivity contribution in [3.8, 4) is 0 Å². The number of aryl methyl sites for hydroxylation is 1. The number of anilines is 1. The van der Waals surface area contributed by atoms with Gasteiger partial charge in [-0.3, -0.25) is 4.98 Å². The van der Waals surface area contributed by atoms with Crippen molar-refractivity contribution in [2.75, 3.05) is 11.9 Å². The van der Waals surface area contributed by atoms with Gasteiger partial charge in [-0.25, -0.2) is 9.97 Å². The molecule has 0 aliphatic heterocycles. The highest BCUT2D eigenvalue weighted by molar-refractivity contribution is 7.09. The second-order valence-corrected chi connectivity index (χ2v) is 5.22. The fraction of sp³-hybridized carbons (Fsp3) is 0.214. The highest BCUT2D eigenvalue weighted by atomic mass is 32.1. The summed E-state index contributed by atoms with van der Waals surface area (Å²) in [5.74, 6) is 0.820. The summed E-state index contributed by atoms with van der Waals surface area (Å²) in [4.78, 5) is 14.5. The van der Waals surface area contributed by atoms with Gasteiger partial charge in [0.15, 0.2) is 0 Å². The monoisotopic (exact) mass is 270 g/mol. The van der Waals surface area contributed by atoms with E-state index in [9.17, 15) is 0 Å². The highest BCUT2D eigenvalue weighted by Crippen LogP contribution is 2.14. The van der Waals surface area contributed by atoms with E-state index in [1.54, 1.807) is 17.5 Å². The Hall–Kier alpha value is -2.01. The Balaban J connectivity index is 1.67. The van der Waals surface area contributed by atoms with Gasteiger partial charge in [0.1, 0.15) is 5.82 Å². The average Bonchev–Trinajstić information content (AvgIpc) is 2.84. The average molecular weight is 270 g/mol. The maximum Gasteiger partial charge on any atom is 0.145 e. The van der Waals surface area contributed by atoms with Gasteiger partial charge in [0.05, 0.1) is 28.4 Å². The van der Waals surface area contributed by atoms with Crippen molar-refractivity contribution >= 4 is 28.2 Å². The lowest BCUT2D eigenvalue weighted by atomic mass is 10.3. The van der Waals surface area contributed by atoms with E-state index < -0.39 is 0 Å². The summed E-state index contributed by atoms with van der Waals surface area (Å²) < 4.78 is 0. The zero-order chi connectivity index (χ0) is 13.1. The molecule has 2 heterocycles. The van der Waals surface area contributed by atoms with Crippen LogP contribution in [0, 0.1) is 6.92 Å². The lowest BCUT2D eigenvalue weighted by molar-refractivity contribution is 1.00. The third-order valence-electron chi connectivity index (χ3n) is 2.95. The van der Waals surface area contributed by atoms with Crippen LogP contribution in [0.2, 0.25) is 0 Å². The lowest BCUT2D eigenvalue weighted by Crippen LogP contribution is -2.06. The Morgan fingerprint density at radius 3 is 2.79 bits per heavy atom. The molecule has 1 aromatic carbocycles. The molecule has 0 aliphatic carbocycles. The van der Waals surface area contributed by atoms with Crippen LogP contribution in [0.4, 0.5) is 5.82 Å². The summed E-state index contributed by atoms with van der Waals surface area (Å²) in [5, 5.41) is 3.31. The molecule has 0 spiro atoms. The van der Waals surface area contributed by atoms with Crippen molar-refractivity contribution in [1.82, 2.24) is 15.0 Å². The molecule has 96 valence electrons. The molecule has 0 atom stereocenters. The SMILES string of the molecule is Cc1ncsc1CCNc1cnc2ccccc2n1. The minimum absolute atomic E-state index is 0.820. The molecule has 0 fully saturated rings. The molecule has 1 N–H and O–H groups in total. The maximum atomic E-state index is 4.53. The van der Waals surface area contributed by atoms with E-state index in [2.05, 4.69) is 20.3 Å². The molecule has 0 saturated heterocycles. The molecular formula is C14H14N4S. The van der Waals surface area contributed by atoms with Gasteiger partial charge in [-0.05, 0) is 19.1 Å². The smallest absolute Gasteiger partial charge is 0.145 e. The Morgan fingerprint density at radius 1 is 1.16 bits per heavy atom. The number of para-hydroxylation sites is 2. The third kappa shape index (κ3) is 2.71. The molecule has 0 radical (unpaired) electrons. The number of thiazole rings is 1. The van der Waals surface area contributed by atoms with Crippen molar-refractivity contribution in [2.45, 2.75) is 13.3 Å². The summed E-state index contributed by atoms with van der Waals surface area (Å²) in [6.07, 6.45) is 2.74. The highest BCUT2D eigenvalue weighted by Gasteiger charge is 2.02. The van der Waals surface area contributed by atoms with Gasteiger partial charge in [0.2, 0.25) is 0 Å². The van der Waals surface area contributed by atoms with Gasteiger partial charge < -0.3 is 5.32 Å². The fourth-order valence-corrected chi connectivity index (χ4v) is 2.69. The minimum Gasteiger partial charge on any atom is -0.368 e. The van der Waals surface area contributed by atoms with Crippen LogP contribution in [0.1, 0.15) is 10.6 Å². The zero-order valence-corrected chi connectivity index (χ0v) is 11.4. The van der Waals surface area contributed by atoms with E-state index in [1.807, 2.05) is 36.7 Å². The topological polar surface area (TPSA) is 50.7 Å². The van der Waals surface area contributed by atoms with Crippen molar-refractivity contribution in [2.24, 2.45) is 0 Å². The largest absolute Gasteiger partial charge is 0.368 e. The third-order valence-corrected chi connectivity index (χ3v) is 3.95. The Morgan fingerprint density at radius 2 is 2.00 bits per heavy atom. The van der Waals surface area contributed by atoms with Crippen molar-refractivity contribution < 1.29 is 0 Å². The number of hydrogen-bond acceptors (Lipinski definition) is 5. The second-order valence-electron chi connectivity index (χ2n) is 4.28. The van der Waals surface area contributed by atoms with Crippen molar-refractivity contribution in [3.05, 3.63) is 46.5 Å². The summed E-state index contributed by atoms with van der Waals surface area (Å²) in [7, 11) is 0. The summed E-state index contributed by atoms with van der Waals surface area (Å²) in [5.41, 5.74) is 4.85. The predicted octanol–water partition coefficient (Wildman–Crippen LogP) is 3.05. The van der Waals surface area contributed by atoms with Crippen LogP contribution in [-0.4, -0.2) is 21.5 Å². The molecule has 0 unspecified atom stereocenters. The van der Waals surface area contributed by atoms with E-state index in [4.69, 9.17) is 0 Å². The van der Waals surface area contributed by atoms with Gasteiger partial charge in [-0.2, -0.15) is 0 Å². The van der Waals surface area contributed by atoms with Gasteiger partial charge in [0, 0.05) is 17.8 Å². The van der Waals surface area contributed by atoms with Crippen LogP contribution in [0.3, 0.4) is 0 Å². The molecule has 5 heteroatoms. The van der Waals surface area contributed by atoms with E-state index >= 15 is 0 Å². The van der Waals surface area contributed by atoms with E-state index in [1.165, 1.54) is 4.88 Å². The summed E-state index contributed by atoms with van der Waals surface area (Å²) >= 11 is 1.70. The molecule has 4 nitrogen and oxygen atoms in total. The van der Waals surface area contributed by atoms with Gasteiger partial charge in [-0.1, -0.05) is 12.1 Å². The number of nitrogens with zero attached hydrogens (tertiary/aromatic N) is 3. The molecule has 3 aromatic rings. The maximum absolute atomic E-state index is 4.53. The number of benzene rings is 1. The molecule has 2 aromatic heterocycles. The van der Waals surface area contributed by atoms with Crippen LogP contribution in [-0.2, 0) is 6.42 Å². The van der Waals surface area contributed by atoms with Crippen molar-refractivity contribution in [3.63, 3.8) is 0 Å². The van der Waals surface area contributed by atoms with Crippen molar-refractivity contribution in [1.29, 1.82) is 0 Å². The van der Waals surface area contributed by atoms with Gasteiger partial charge in [0.25, 0.3) is 0 Å². The van der Waals surface area contributed by atoms with E-state index in [0.29, 0.717) is 0 Å². The first-order chi connectivity index (χ1) is 9.33. The standard InChI is InChI=1S/C14H14N4S/c1-10-13(19-9-17-10)6-7-15-14-8-16-11-4-2-3-5-12(11)18-14/h2-5,8-9H,6-7H2,1H3,(H,15,18). The first kappa shape index (κ1) is 12.0. The van der Waals surface area contributed by atoms with E-state index in [0.717, 1.165) is 35.5 Å². The number of hydrogen-bond donors (Lipinski definition) is 1. The zero-order valence-electron chi connectivity index (χ0n) is 10.6. The molecule has 19 heavy (non-hydrogen) atoms. The van der Waals surface area contributed by atoms with Crippen LogP contribution < -0.4 is 5.32 Å². The van der Waals surface area contributed by atoms with Crippen LogP contribution in [0.15, 0.2) is 36.0 Å². The number of aromatic nitrogens is 3. The first-order valence-corrected chi connectivity index (χ1v) is 7.05. The molecule has 3 rings (SSSR count). The minimum atomic E-state index is 0.820. The first-order valence-electron chi connectivity index (χ1n) is 6.17. The number of fused-ring (bicyclic) bond motifs is 1. The molecule has 0 amide bonds. The van der Waals surface area contributed by atoms with Crippen LogP contribution in [0.25, 0.3) is 11.0 Å². The predicted molar refractivity (Wildman–Crippen MR) is 78.6 cm³/mol. The summed E-state index contributed by atoms with van der Waals surface area (Å²) in [6.45, 7) is 2.89. The number of rotatable bonds is 4. The molecule has 0 saturated carbocycles. The second kappa shape index (κ2) is 5.32. The van der Waals surface area contributed by atoms with Gasteiger partial charge in [-0.15, -0.1) is 11.3 Å². The Bertz CT molecular complexity index is 692. The normalized spacial score (nSPS) is 10.8. The Labute approximate surface area is 115 Å².